The Bertz CT molecular complexity index is 1070. The first-order valence-corrected chi connectivity index (χ1v) is 12.0. The SMILES string of the molecule is Fc1ccc(COc2cc3ccc(Br)cc3cc2C23CC4CC(CC(C4)C2)C3)cc1. The average Bonchev–Trinajstić information content (AvgIpc) is 2.72. The fourth-order valence-corrected chi connectivity index (χ4v) is 7.34. The molecule has 0 aromatic heterocycles. The monoisotopic (exact) mass is 464 g/mol. The zero-order valence-corrected chi connectivity index (χ0v) is 18.6. The first-order chi connectivity index (χ1) is 14.6. The Hall–Kier alpha value is -1.87. The number of halogens is 2. The summed E-state index contributed by atoms with van der Waals surface area (Å²) in [6.45, 7) is 0.474. The van der Waals surface area contributed by atoms with E-state index in [9.17, 15) is 4.39 Å². The fourth-order valence-electron chi connectivity index (χ4n) is 6.96. The van der Waals surface area contributed by atoms with Crippen molar-refractivity contribution in [1.29, 1.82) is 0 Å². The molecule has 0 N–H and O–H groups in total. The van der Waals surface area contributed by atoms with Crippen molar-refractivity contribution in [2.45, 2.75) is 50.5 Å². The second-order valence-corrected chi connectivity index (χ2v) is 10.9. The standard InChI is InChI=1S/C27H26BrFO/c28-23-4-3-21-12-26(30-16-17-1-5-24(29)6-2-17)25(11-22(21)10-23)27-13-18-7-19(14-27)9-20(8-18)15-27/h1-6,10-12,18-20H,7-9,13-16H2. The van der Waals surface area contributed by atoms with Crippen molar-refractivity contribution in [3.8, 4) is 5.75 Å². The molecule has 3 aromatic carbocycles. The number of fused-ring (bicyclic) bond motifs is 1. The lowest BCUT2D eigenvalue weighted by atomic mass is 9.48. The summed E-state index contributed by atoms with van der Waals surface area (Å²) in [5.74, 6) is 3.48. The third-order valence-electron chi connectivity index (χ3n) is 7.82. The normalized spacial score (nSPS) is 29.5. The third-order valence-corrected chi connectivity index (χ3v) is 8.31. The third kappa shape index (κ3) is 3.26. The largest absolute Gasteiger partial charge is 0.489 e. The molecule has 0 radical (unpaired) electrons. The molecule has 4 aliphatic rings. The van der Waals surface area contributed by atoms with Crippen molar-refractivity contribution in [3.63, 3.8) is 0 Å². The molecule has 0 heterocycles. The van der Waals surface area contributed by atoms with E-state index in [-0.39, 0.29) is 11.2 Å². The van der Waals surface area contributed by atoms with E-state index in [1.54, 1.807) is 0 Å². The molecule has 30 heavy (non-hydrogen) atoms. The minimum atomic E-state index is -0.204. The van der Waals surface area contributed by atoms with Crippen molar-refractivity contribution in [2.75, 3.05) is 0 Å². The van der Waals surface area contributed by atoms with Gasteiger partial charge in [-0.25, -0.2) is 4.39 Å². The lowest BCUT2D eigenvalue weighted by molar-refractivity contribution is -0.00640. The first-order valence-electron chi connectivity index (χ1n) is 11.2. The highest BCUT2D eigenvalue weighted by molar-refractivity contribution is 9.10. The zero-order chi connectivity index (χ0) is 20.3. The molecule has 3 heteroatoms. The second kappa shape index (κ2) is 7.09. The van der Waals surface area contributed by atoms with Gasteiger partial charge in [-0.05, 0) is 114 Å². The predicted molar refractivity (Wildman–Crippen MR) is 122 cm³/mol. The maximum absolute atomic E-state index is 13.3. The maximum atomic E-state index is 13.3. The minimum absolute atomic E-state index is 0.204. The van der Waals surface area contributed by atoms with Gasteiger partial charge in [0.2, 0.25) is 0 Å². The minimum Gasteiger partial charge on any atom is -0.489 e. The van der Waals surface area contributed by atoms with Gasteiger partial charge in [-0.1, -0.05) is 34.1 Å². The number of rotatable bonds is 4. The van der Waals surface area contributed by atoms with Gasteiger partial charge in [0.25, 0.3) is 0 Å². The van der Waals surface area contributed by atoms with Crippen molar-refractivity contribution in [3.05, 3.63) is 76.0 Å². The van der Waals surface area contributed by atoms with Crippen molar-refractivity contribution < 1.29 is 9.13 Å². The summed E-state index contributed by atoms with van der Waals surface area (Å²) in [5.41, 5.74) is 2.68. The van der Waals surface area contributed by atoms with Crippen LogP contribution in [0.25, 0.3) is 10.8 Å². The number of hydrogen-bond acceptors (Lipinski definition) is 1. The molecule has 0 saturated heterocycles. The summed E-state index contributed by atoms with van der Waals surface area (Å²) in [5, 5.41) is 2.49. The molecule has 4 bridgehead atoms. The number of ether oxygens (including phenoxy) is 1. The topological polar surface area (TPSA) is 9.23 Å². The predicted octanol–water partition coefficient (Wildman–Crippen LogP) is 7.79. The van der Waals surface area contributed by atoms with Crippen LogP contribution in [0.1, 0.15) is 49.7 Å². The van der Waals surface area contributed by atoms with Crippen LogP contribution in [0.5, 0.6) is 5.75 Å². The molecule has 0 atom stereocenters. The van der Waals surface area contributed by atoms with Gasteiger partial charge in [0, 0.05) is 10.0 Å². The zero-order valence-electron chi connectivity index (χ0n) is 17.0. The number of benzene rings is 3. The molecular weight excluding hydrogens is 439 g/mol. The Morgan fingerprint density at radius 2 is 1.50 bits per heavy atom. The molecule has 4 aliphatic carbocycles. The van der Waals surface area contributed by atoms with Crippen LogP contribution in [0, 0.1) is 23.6 Å². The smallest absolute Gasteiger partial charge is 0.124 e. The van der Waals surface area contributed by atoms with Crippen LogP contribution >= 0.6 is 15.9 Å². The van der Waals surface area contributed by atoms with E-state index in [2.05, 4.69) is 46.3 Å². The second-order valence-electron chi connectivity index (χ2n) is 9.95. The van der Waals surface area contributed by atoms with Crippen molar-refractivity contribution >= 4 is 26.7 Å². The van der Waals surface area contributed by atoms with Crippen LogP contribution in [0.2, 0.25) is 0 Å². The molecule has 3 aromatic rings. The van der Waals surface area contributed by atoms with Crippen LogP contribution in [0.3, 0.4) is 0 Å². The molecule has 1 nitrogen and oxygen atoms in total. The van der Waals surface area contributed by atoms with Gasteiger partial charge in [-0.3, -0.25) is 0 Å². The summed E-state index contributed by atoms with van der Waals surface area (Å²) in [6, 6.07) is 17.8. The number of hydrogen-bond donors (Lipinski definition) is 0. The van der Waals surface area contributed by atoms with Crippen LogP contribution in [0.4, 0.5) is 4.39 Å². The Morgan fingerprint density at radius 1 is 0.833 bits per heavy atom. The van der Waals surface area contributed by atoms with Crippen molar-refractivity contribution in [2.24, 2.45) is 17.8 Å². The summed E-state index contributed by atoms with van der Waals surface area (Å²) in [6.07, 6.45) is 8.24. The lowest BCUT2D eigenvalue weighted by Crippen LogP contribution is -2.48. The Labute approximate surface area is 185 Å². The summed E-state index contributed by atoms with van der Waals surface area (Å²) < 4.78 is 20.9. The van der Waals surface area contributed by atoms with Gasteiger partial charge in [-0.2, -0.15) is 0 Å². The van der Waals surface area contributed by atoms with Crippen LogP contribution in [-0.4, -0.2) is 0 Å². The molecule has 0 spiro atoms. The molecule has 7 rings (SSSR count). The molecule has 0 unspecified atom stereocenters. The van der Waals surface area contributed by atoms with Crippen molar-refractivity contribution in [1.82, 2.24) is 0 Å². The highest BCUT2D eigenvalue weighted by atomic mass is 79.9. The Kier molecular flexibility index (Phi) is 4.46. The quantitative estimate of drug-likeness (QED) is 0.382. The van der Waals surface area contributed by atoms with Gasteiger partial charge in [0.1, 0.15) is 18.2 Å². The molecule has 0 amide bonds. The highest BCUT2D eigenvalue weighted by Gasteiger charge is 2.52. The van der Waals surface area contributed by atoms with Gasteiger partial charge < -0.3 is 4.74 Å². The van der Waals surface area contributed by atoms with E-state index in [1.165, 1.54) is 67.0 Å². The molecule has 4 fully saturated rings. The fraction of sp³-hybridized carbons (Fsp3) is 0.407. The summed E-state index contributed by atoms with van der Waals surface area (Å²) in [7, 11) is 0. The maximum Gasteiger partial charge on any atom is 0.124 e. The van der Waals surface area contributed by atoms with E-state index in [1.807, 2.05) is 12.1 Å². The van der Waals surface area contributed by atoms with Gasteiger partial charge in [-0.15, -0.1) is 0 Å². The van der Waals surface area contributed by atoms with E-state index < -0.39 is 0 Å². The molecular formula is C27H26BrFO. The van der Waals surface area contributed by atoms with Crippen LogP contribution in [-0.2, 0) is 12.0 Å². The molecule has 4 saturated carbocycles. The summed E-state index contributed by atoms with van der Waals surface area (Å²) >= 11 is 3.64. The van der Waals surface area contributed by atoms with Crippen LogP contribution < -0.4 is 4.74 Å². The first kappa shape index (κ1) is 18.9. The van der Waals surface area contributed by atoms with Gasteiger partial charge >= 0.3 is 0 Å². The van der Waals surface area contributed by atoms with E-state index in [0.717, 1.165) is 33.5 Å². The van der Waals surface area contributed by atoms with E-state index in [0.29, 0.717) is 6.61 Å². The van der Waals surface area contributed by atoms with Gasteiger partial charge in [0.15, 0.2) is 0 Å². The summed E-state index contributed by atoms with van der Waals surface area (Å²) in [4.78, 5) is 0. The van der Waals surface area contributed by atoms with E-state index in [4.69, 9.17) is 4.74 Å². The molecule has 154 valence electrons. The van der Waals surface area contributed by atoms with Gasteiger partial charge in [0.05, 0.1) is 0 Å². The Balaban J connectivity index is 1.42. The van der Waals surface area contributed by atoms with E-state index >= 15 is 0 Å². The molecule has 0 aliphatic heterocycles. The highest BCUT2D eigenvalue weighted by Crippen LogP contribution is 2.62. The van der Waals surface area contributed by atoms with Crippen LogP contribution in [0.15, 0.2) is 59.1 Å². The average molecular weight is 465 g/mol. The lowest BCUT2D eigenvalue weighted by Gasteiger charge is -2.57. The Morgan fingerprint density at radius 3 is 2.17 bits per heavy atom.